The zero-order valence-corrected chi connectivity index (χ0v) is 20.4. The third-order valence-electron chi connectivity index (χ3n) is 6.22. The summed E-state index contributed by atoms with van der Waals surface area (Å²) in [6, 6.07) is 10.2. The van der Waals surface area contributed by atoms with E-state index in [4.69, 9.17) is 4.98 Å². The standard InChI is InChI=1S/C26H31N7O/c1-16(2)32-24(34)21-15-29-25(30-19-7-6-18-14-27-10-8-17(18)12-19)31-23(21)33(32)20-9-11-28-22(13-20)26(3,4)5/h6-7,9,11-13,15-16,27H,8,10,14H2,1-5H3,(H,29,30,31). The maximum absolute atomic E-state index is 13.3. The topological polar surface area (TPSA) is 89.7 Å². The molecule has 34 heavy (non-hydrogen) atoms. The van der Waals surface area contributed by atoms with Crippen LogP contribution in [0.25, 0.3) is 16.7 Å². The van der Waals surface area contributed by atoms with Crippen LogP contribution in [-0.2, 0) is 18.4 Å². The molecule has 0 saturated carbocycles. The first-order valence-electron chi connectivity index (χ1n) is 11.8. The molecule has 4 aromatic rings. The van der Waals surface area contributed by atoms with Crippen molar-refractivity contribution in [2.75, 3.05) is 11.9 Å². The summed E-state index contributed by atoms with van der Waals surface area (Å²) in [7, 11) is 0. The summed E-state index contributed by atoms with van der Waals surface area (Å²) < 4.78 is 3.63. The molecule has 0 unspecified atom stereocenters. The van der Waals surface area contributed by atoms with E-state index in [1.165, 1.54) is 11.1 Å². The molecule has 3 aromatic heterocycles. The van der Waals surface area contributed by atoms with Gasteiger partial charge in [-0.2, -0.15) is 4.98 Å². The summed E-state index contributed by atoms with van der Waals surface area (Å²) in [6.07, 6.45) is 4.41. The van der Waals surface area contributed by atoms with Crippen molar-refractivity contribution in [3.63, 3.8) is 0 Å². The summed E-state index contributed by atoms with van der Waals surface area (Å²) in [5.74, 6) is 0.459. The molecule has 0 saturated heterocycles. The summed E-state index contributed by atoms with van der Waals surface area (Å²) in [6.45, 7) is 12.3. The van der Waals surface area contributed by atoms with E-state index in [-0.39, 0.29) is 17.0 Å². The maximum Gasteiger partial charge on any atom is 0.278 e. The van der Waals surface area contributed by atoms with Crippen molar-refractivity contribution in [2.24, 2.45) is 0 Å². The number of nitrogens with one attached hydrogen (secondary N) is 2. The van der Waals surface area contributed by atoms with Gasteiger partial charge in [-0.15, -0.1) is 0 Å². The molecule has 0 amide bonds. The Morgan fingerprint density at radius 2 is 1.91 bits per heavy atom. The second kappa shape index (κ2) is 8.36. The Labute approximate surface area is 199 Å². The smallest absolute Gasteiger partial charge is 0.278 e. The summed E-state index contributed by atoms with van der Waals surface area (Å²) in [4.78, 5) is 27.1. The summed E-state index contributed by atoms with van der Waals surface area (Å²) in [5, 5.41) is 7.23. The molecule has 8 nitrogen and oxygen atoms in total. The van der Waals surface area contributed by atoms with Crippen LogP contribution in [0.1, 0.15) is 57.5 Å². The fraction of sp³-hybridized carbons (Fsp3) is 0.385. The Balaban J connectivity index is 1.63. The average Bonchev–Trinajstić information content (AvgIpc) is 3.10. The minimum atomic E-state index is -0.119. The molecular formula is C26H31N7O. The van der Waals surface area contributed by atoms with Crippen LogP contribution in [0.2, 0.25) is 0 Å². The van der Waals surface area contributed by atoms with Gasteiger partial charge in [-0.25, -0.2) is 14.3 Å². The largest absolute Gasteiger partial charge is 0.324 e. The lowest BCUT2D eigenvalue weighted by Crippen LogP contribution is -2.24. The number of anilines is 2. The normalized spacial score (nSPS) is 13.9. The lowest BCUT2D eigenvalue weighted by molar-refractivity contribution is 0.474. The Bertz CT molecular complexity index is 1430. The molecule has 5 rings (SSSR count). The minimum Gasteiger partial charge on any atom is -0.324 e. The number of fused-ring (bicyclic) bond motifs is 2. The fourth-order valence-corrected chi connectivity index (χ4v) is 4.42. The Kier molecular flexibility index (Phi) is 5.48. The van der Waals surface area contributed by atoms with Crippen molar-refractivity contribution >= 4 is 22.7 Å². The second-order valence-electron chi connectivity index (χ2n) is 10.2. The Morgan fingerprint density at radius 1 is 1.09 bits per heavy atom. The van der Waals surface area contributed by atoms with Gasteiger partial charge in [0.05, 0.1) is 5.69 Å². The van der Waals surface area contributed by atoms with Gasteiger partial charge in [-0.05, 0) is 62.2 Å². The highest BCUT2D eigenvalue weighted by Gasteiger charge is 2.22. The van der Waals surface area contributed by atoms with Crippen molar-refractivity contribution < 1.29 is 0 Å². The molecule has 0 aliphatic carbocycles. The average molecular weight is 458 g/mol. The van der Waals surface area contributed by atoms with E-state index in [2.05, 4.69) is 53.5 Å². The van der Waals surface area contributed by atoms with Gasteiger partial charge in [0.2, 0.25) is 5.95 Å². The summed E-state index contributed by atoms with van der Waals surface area (Å²) in [5.41, 5.74) is 5.75. The van der Waals surface area contributed by atoms with Crippen LogP contribution in [0.4, 0.5) is 11.6 Å². The van der Waals surface area contributed by atoms with Crippen molar-refractivity contribution in [3.05, 3.63) is 69.9 Å². The molecule has 0 radical (unpaired) electrons. The van der Waals surface area contributed by atoms with Gasteiger partial charge in [0.15, 0.2) is 5.65 Å². The Morgan fingerprint density at radius 3 is 2.68 bits per heavy atom. The van der Waals surface area contributed by atoms with Crippen molar-refractivity contribution in [1.29, 1.82) is 0 Å². The number of aromatic nitrogens is 5. The van der Waals surface area contributed by atoms with Crippen LogP contribution in [0, 0.1) is 0 Å². The number of hydrogen-bond donors (Lipinski definition) is 2. The molecule has 0 spiro atoms. The van der Waals surface area contributed by atoms with Crippen LogP contribution in [-0.4, -0.2) is 30.9 Å². The zero-order chi connectivity index (χ0) is 24.0. The van der Waals surface area contributed by atoms with E-state index in [0.29, 0.717) is 17.0 Å². The molecule has 0 atom stereocenters. The monoisotopic (exact) mass is 457 g/mol. The third kappa shape index (κ3) is 3.98. The predicted octanol–water partition coefficient (Wildman–Crippen LogP) is 4.24. The van der Waals surface area contributed by atoms with Gasteiger partial charge in [-0.1, -0.05) is 26.8 Å². The van der Waals surface area contributed by atoms with Gasteiger partial charge >= 0.3 is 0 Å². The summed E-state index contributed by atoms with van der Waals surface area (Å²) >= 11 is 0. The molecule has 2 N–H and O–H groups in total. The third-order valence-corrected chi connectivity index (χ3v) is 6.22. The molecular weight excluding hydrogens is 426 g/mol. The predicted molar refractivity (Wildman–Crippen MR) is 135 cm³/mol. The quantitative estimate of drug-likeness (QED) is 0.476. The first kappa shape index (κ1) is 22.3. The molecule has 1 aliphatic rings. The molecule has 1 aliphatic heterocycles. The van der Waals surface area contributed by atoms with E-state index < -0.39 is 0 Å². The van der Waals surface area contributed by atoms with Gasteiger partial charge in [-0.3, -0.25) is 9.78 Å². The van der Waals surface area contributed by atoms with Gasteiger partial charge in [0.25, 0.3) is 5.56 Å². The molecule has 0 fully saturated rings. The van der Waals surface area contributed by atoms with Gasteiger partial charge < -0.3 is 10.6 Å². The van der Waals surface area contributed by atoms with E-state index in [9.17, 15) is 4.79 Å². The highest BCUT2D eigenvalue weighted by Crippen LogP contribution is 2.26. The SMILES string of the molecule is CC(C)n1c(=O)c2cnc(Nc3ccc4c(c3)CCNC4)nc2n1-c1ccnc(C(C)(C)C)c1. The highest BCUT2D eigenvalue weighted by molar-refractivity contribution is 5.77. The second-order valence-corrected chi connectivity index (χ2v) is 10.2. The van der Waals surface area contributed by atoms with Gasteiger partial charge in [0.1, 0.15) is 5.39 Å². The van der Waals surface area contributed by atoms with E-state index in [1.54, 1.807) is 17.1 Å². The molecule has 0 bridgehead atoms. The minimum absolute atomic E-state index is 0.0568. The van der Waals surface area contributed by atoms with E-state index in [1.807, 2.05) is 36.7 Å². The van der Waals surface area contributed by atoms with Crippen LogP contribution in [0.15, 0.2) is 47.5 Å². The highest BCUT2D eigenvalue weighted by atomic mass is 16.1. The number of pyridine rings is 1. The fourth-order valence-electron chi connectivity index (χ4n) is 4.42. The first-order valence-corrected chi connectivity index (χ1v) is 11.8. The van der Waals surface area contributed by atoms with Crippen molar-refractivity contribution in [3.8, 4) is 5.69 Å². The number of benzene rings is 1. The number of rotatable bonds is 4. The number of hydrogen-bond acceptors (Lipinski definition) is 6. The maximum atomic E-state index is 13.3. The Hall–Kier alpha value is -3.52. The molecule has 176 valence electrons. The van der Waals surface area contributed by atoms with Crippen LogP contribution in [0.5, 0.6) is 0 Å². The number of nitrogens with zero attached hydrogens (tertiary/aromatic N) is 5. The van der Waals surface area contributed by atoms with Crippen molar-refractivity contribution in [2.45, 2.75) is 59.0 Å². The van der Waals surface area contributed by atoms with Crippen LogP contribution in [0.3, 0.4) is 0 Å². The molecule has 8 heteroatoms. The lowest BCUT2D eigenvalue weighted by Gasteiger charge is -2.20. The van der Waals surface area contributed by atoms with E-state index >= 15 is 0 Å². The van der Waals surface area contributed by atoms with E-state index in [0.717, 1.165) is 36.6 Å². The van der Waals surface area contributed by atoms with Gasteiger partial charge in [0, 0.05) is 41.8 Å². The molecule has 4 heterocycles. The van der Waals surface area contributed by atoms with Crippen LogP contribution >= 0.6 is 0 Å². The zero-order valence-electron chi connectivity index (χ0n) is 20.4. The lowest BCUT2D eigenvalue weighted by atomic mass is 9.91. The first-order chi connectivity index (χ1) is 16.2. The van der Waals surface area contributed by atoms with Crippen molar-refractivity contribution in [1.82, 2.24) is 29.6 Å². The van der Waals surface area contributed by atoms with Crippen LogP contribution < -0.4 is 16.2 Å². The molecule has 1 aromatic carbocycles.